The number of hydrogen-bond acceptors (Lipinski definition) is 3. The van der Waals surface area contributed by atoms with E-state index in [1.807, 2.05) is 24.3 Å². The number of carbonyl (C=O) groups is 2. The molecule has 0 radical (unpaired) electrons. The van der Waals surface area contributed by atoms with Crippen LogP contribution in [0, 0.1) is 0 Å². The maximum absolute atomic E-state index is 12.4. The van der Waals surface area contributed by atoms with Crippen LogP contribution in [0.3, 0.4) is 0 Å². The summed E-state index contributed by atoms with van der Waals surface area (Å²) in [6.07, 6.45) is 0.998. The Labute approximate surface area is 165 Å². The lowest BCUT2D eigenvalue weighted by molar-refractivity contribution is -0.119. The van der Waals surface area contributed by atoms with Crippen LogP contribution in [0.15, 0.2) is 48.5 Å². The van der Waals surface area contributed by atoms with Crippen LogP contribution in [0.1, 0.15) is 31.7 Å². The van der Waals surface area contributed by atoms with Crippen molar-refractivity contribution in [3.05, 3.63) is 59.1 Å². The number of likely N-dealkylation sites (N-methyl/N-ethyl adjacent to an activating group) is 1. The molecule has 0 aliphatic carbocycles. The predicted octanol–water partition coefficient (Wildman–Crippen LogP) is 4.36. The van der Waals surface area contributed by atoms with Gasteiger partial charge in [-0.15, -0.1) is 0 Å². The zero-order valence-corrected chi connectivity index (χ0v) is 16.7. The standard InChI is InChI=1S/C21H26ClN3O2/c1-4-15(2)18-7-5-6-8-19(18)24-21(27)14-25(3)13-20(26)23-17-11-9-16(22)10-12-17/h5-12,15H,4,13-14H2,1-3H3,(H,23,26)(H,24,27)/t15-/m0/s1. The zero-order valence-electron chi connectivity index (χ0n) is 16.0. The molecule has 144 valence electrons. The topological polar surface area (TPSA) is 61.4 Å². The van der Waals surface area contributed by atoms with E-state index >= 15 is 0 Å². The normalized spacial score (nSPS) is 11.9. The van der Waals surface area contributed by atoms with Crippen molar-refractivity contribution in [2.45, 2.75) is 26.2 Å². The monoisotopic (exact) mass is 387 g/mol. The van der Waals surface area contributed by atoms with E-state index in [-0.39, 0.29) is 24.9 Å². The van der Waals surface area contributed by atoms with Crippen LogP contribution in [0.2, 0.25) is 5.02 Å². The van der Waals surface area contributed by atoms with Crippen LogP contribution in [-0.2, 0) is 9.59 Å². The van der Waals surface area contributed by atoms with Crippen molar-refractivity contribution >= 4 is 34.8 Å². The first-order chi connectivity index (χ1) is 12.9. The largest absolute Gasteiger partial charge is 0.325 e. The van der Waals surface area contributed by atoms with Gasteiger partial charge in [-0.1, -0.05) is 43.6 Å². The van der Waals surface area contributed by atoms with Gasteiger partial charge < -0.3 is 10.6 Å². The summed E-state index contributed by atoms with van der Waals surface area (Å²) in [4.78, 5) is 26.1. The van der Waals surface area contributed by atoms with Gasteiger partial charge in [0.15, 0.2) is 0 Å². The van der Waals surface area contributed by atoms with Gasteiger partial charge in [0, 0.05) is 16.4 Å². The third-order valence-electron chi connectivity index (χ3n) is 4.33. The number of halogens is 1. The summed E-state index contributed by atoms with van der Waals surface area (Å²) < 4.78 is 0. The summed E-state index contributed by atoms with van der Waals surface area (Å²) in [6, 6.07) is 14.7. The number of carbonyl (C=O) groups excluding carboxylic acids is 2. The lowest BCUT2D eigenvalue weighted by Gasteiger charge is -2.18. The molecule has 2 aromatic rings. The SMILES string of the molecule is CC[C@H](C)c1ccccc1NC(=O)CN(C)CC(=O)Nc1ccc(Cl)cc1. The lowest BCUT2D eigenvalue weighted by Crippen LogP contribution is -2.36. The molecule has 2 rings (SSSR count). The average Bonchev–Trinajstić information content (AvgIpc) is 2.63. The second kappa shape index (κ2) is 10.1. The van der Waals surface area contributed by atoms with E-state index in [0.29, 0.717) is 16.6 Å². The fourth-order valence-electron chi connectivity index (χ4n) is 2.73. The number of nitrogens with one attached hydrogen (secondary N) is 2. The van der Waals surface area contributed by atoms with E-state index in [2.05, 4.69) is 24.5 Å². The van der Waals surface area contributed by atoms with Gasteiger partial charge in [0.25, 0.3) is 0 Å². The molecule has 0 bridgehead atoms. The quantitative estimate of drug-likeness (QED) is 0.707. The van der Waals surface area contributed by atoms with Gasteiger partial charge in [0.1, 0.15) is 0 Å². The Hall–Kier alpha value is -2.37. The number of hydrogen-bond donors (Lipinski definition) is 2. The van der Waals surface area contributed by atoms with Crippen LogP contribution < -0.4 is 10.6 Å². The molecule has 0 unspecified atom stereocenters. The van der Waals surface area contributed by atoms with E-state index in [0.717, 1.165) is 17.7 Å². The van der Waals surface area contributed by atoms with Crippen LogP contribution in [-0.4, -0.2) is 36.9 Å². The molecule has 27 heavy (non-hydrogen) atoms. The summed E-state index contributed by atoms with van der Waals surface area (Å²) in [5, 5.41) is 6.35. The fraction of sp³-hybridized carbons (Fsp3) is 0.333. The minimum absolute atomic E-state index is 0.114. The molecule has 0 spiro atoms. The Kier molecular flexibility index (Phi) is 7.82. The number of amides is 2. The Morgan fingerprint density at radius 2 is 1.59 bits per heavy atom. The molecule has 0 aliphatic rings. The molecule has 0 fully saturated rings. The van der Waals surface area contributed by atoms with E-state index in [4.69, 9.17) is 11.6 Å². The molecular weight excluding hydrogens is 362 g/mol. The van der Waals surface area contributed by atoms with Crippen molar-refractivity contribution in [1.29, 1.82) is 0 Å². The second-order valence-corrected chi connectivity index (χ2v) is 7.11. The molecule has 0 heterocycles. The molecule has 0 aromatic heterocycles. The first kappa shape index (κ1) is 20.9. The third-order valence-corrected chi connectivity index (χ3v) is 4.59. The number of para-hydroxylation sites is 1. The maximum atomic E-state index is 12.4. The first-order valence-electron chi connectivity index (χ1n) is 9.01. The third kappa shape index (κ3) is 6.70. The molecule has 0 saturated carbocycles. The lowest BCUT2D eigenvalue weighted by atomic mass is 9.97. The Bertz CT molecular complexity index is 777. The zero-order chi connectivity index (χ0) is 19.8. The molecular formula is C21H26ClN3O2. The number of rotatable bonds is 8. The van der Waals surface area contributed by atoms with Crippen LogP contribution in [0.25, 0.3) is 0 Å². The Morgan fingerprint density at radius 1 is 1.00 bits per heavy atom. The maximum Gasteiger partial charge on any atom is 0.238 e. The molecule has 6 heteroatoms. The molecule has 2 aromatic carbocycles. The van der Waals surface area contributed by atoms with Crippen LogP contribution in [0.5, 0.6) is 0 Å². The minimum atomic E-state index is -0.187. The number of anilines is 2. The van der Waals surface area contributed by atoms with Gasteiger partial charge in [-0.05, 0) is 55.3 Å². The van der Waals surface area contributed by atoms with E-state index in [1.165, 1.54) is 0 Å². The van der Waals surface area contributed by atoms with Gasteiger partial charge in [0.2, 0.25) is 11.8 Å². The van der Waals surface area contributed by atoms with Crippen molar-refractivity contribution in [2.75, 3.05) is 30.8 Å². The highest BCUT2D eigenvalue weighted by Gasteiger charge is 2.14. The van der Waals surface area contributed by atoms with Crippen LogP contribution in [0.4, 0.5) is 11.4 Å². The number of nitrogens with zero attached hydrogens (tertiary/aromatic N) is 1. The van der Waals surface area contributed by atoms with E-state index < -0.39 is 0 Å². The van der Waals surface area contributed by atoms with Crippen molar-refractivity contribution in [3.63, 3.8) is 0 Å². The van der Waals surface area contributed by atoms with Crippen molar-refractivity contribution in [2.24, 2.45) is 0 Å². The van der Waals surface area contributed by atoms with Gasteiger partial charge in [-0.25, -0.2) is 0 Å². The molecule has 1 atom stereocenters. The molecule has 0 saturated heterocycles. The summed E-state index contributed by atoms with van der Waals surface area (Å²) in [5.41, 5.74) is 2.62. The predicted molar refractivity (Wildman–Crippen MR) is 111 cm³/mol. The fourth-order valence-corrected chi connectivity index (χ4v) is 2.86. The van der Waals surface area contributed by atoms with Gasteiger partial charge in [-0.3, -0.25) is 14.5 Å². The molecule has 2 N–H and O–H groups in total. The number of benzene rings is 2. The highest BCUT2D eigenvalue weighted by atomic mass is 35.5. The Morgan fingerprint density at radius 3 is 2.22 bits per heavy atom. The average molecular weight is 388 g/mol. The molecule has 5 nitrogen and oxygen atoms in total. The molecule has 2 amide bonds. The highest BCUT2D eigenvalue weighted by molar-refractivity contribution is 6.30. The van der Waals surface area contributed by atoms with Crippen molar-refractivity contribution in [3.8, 4) is 0 Å². The van der Waals surface area contributed by atoms with Gasteiger partial charge in [0.05, 0.1) is 13.1 Å². The van der Waals surface area contributed by atoms with Crippen LogP contribution >= 0.6 is 11.6 Å². The summed E-state index contributed by atoms with van der Waals surface area (Å²) in [6.45, 7) is 4.50. The van der Waals surface area contributed by atoms with Crippen molar-refractivity contribution in [1.82, 2.24) is 4.90 Å². The first-order valence-corrected chi connectivity index (χ1v) is 9.39. The Balaban J connectivity index is 1.86. The van der Waals surface area contributed by atoms with Gasteiger partial charge in [-0.2, -0.15) is 0 Å². The van der Waals surface area contributed by atoms with Gasteiger partial charge >= 0.3 is 0 Å². The van der Waals surface area contributed by atoms with Crippen molar-refractivity contribution < 1.29 is 9.59 Å². The van der Waals surface area contributed by atoms with E-state index in [9.17, 15) is 9.59 Å². The van der Waals surface area contributed by atoms with E-state index in [1.54, 1.807) is 36.2 Å². The summed E-state index contributed by atoms with van der Waals surface area (Å²) in [7, 11) is 1.74. The molecule has 0 aliphatic heterocycles. The second-order valence-electron chi connectivity index (χ2n) is 6.67. The smallest absolute Gasteiger partial charge is 0.238 e. The highest BCUT2D eigenvalue weighted by Crippen LogP contribution is 2.26. The minimum Gasteiger partial charge on any atom is -0.325 e. The summed E-state index contributed by atoms with van der Waals surface area (Å²) in [5.74, 6) is 0.0320. The summed E-state index contributed by atoms with van der Waals surface area (Å²) >= 11 is 5.83.